The highest BCUT2D eigenvalue weighted by molar-refractivity contribution is 5.97. The van der Waals surface area contributed by atoms with E-state index in [4.69, 9.17) is 10.5 Å². The first-order valence-electron chi connectivity index (χ1n) is 13.0. The normalized spacial score (nSPS) is 20.0. The zero-order valence-corrected chi connectivity index (χ0v) is 22.2. The number of likely N-dealkylation sites (tertiary alicyclic amines) is 1. The van der Waals surface area contributed by atoms with Gasteiger partial charge in [-0.2, -0.15) is 18.3 Å². The predicted molar refractivity (Wildman–Crippen MR) is 139 cm³/mol. The second kappa shape index (κ2) is 11.5. The van der Waals surface area contributed by atoms with Crippen LogP contribution in [0.2, 0.25) is 0 Å². The predicted octanol–water partition coefficient (Wildman–Crippen LogP) is 2.57. The fourth-order valence-electron chi connectivity index (χ4n) is 5.03. The average Bonchev–Trinajstić information content (AvgIpc) is 3.48. The number of ether oxygens (including phenoxy) is 2. The van der Waals surface area contributed by atoms with Crippen molar-refractivity contribution in [3.8, 4) is 11.3 Å². The molecule has 11 nitrogen and oxygen atoms in total. The van der Waals surface area contributed by atoms with Gasteiger partial charge in [-0.3, -0.25) is 9.69 Å². The number of nitrogens with one attached hydrogen (secondary N) is 1. The van der Waals surface area contributed by atoms with Gasteiger partial charge in [-0.15, -0.1) is 0 Å². The van der Waals surface area contributed by atoms with Gasteiger partial charge in [-0.25, -0.2) is 18.7 Å². The van der Waals surface area contributed by atoms with Crippen LogP contribution in [0.5, 0.6) is 0 Å². The third-order valence-electron chi connectivity index (χ3n) is 7.12. The van der Waals surface area contributed by atoms with Crippen molar-refractivity contribution in [3.63, 3.8) is 0 Å². The maximum absolute atomic E-state index is 14.7. The molecule has 5 rings (SSSR count). The zero-order valence-electron chi connectivity index (χ0n) is 22.2. The van der Waals surface area contributed by atoms with Crippen molar-refractivity contribution in [2.75, 3.05) is 51.7 Å². The van der Waals surface area contributed by atoms with E-state index in [-0.39, 0.29) is 12.1 Å². The standard InChI is InChI=1S/C26H29F4N7O4/c1-15-2-3-16(21-9-17(10-35-4-6-40-7-5-35)22-23(31)32-14-33-37(21)22)8-18(15)24(38)34-20-12-36(11-19(20)27)25(39)41-13-26(28,29)30/h2-3,8-9,14,19-20H,4-7,10-13H2,1H3,(H,34,38)(H2,31,32,33)/t19-,20+/m0/s1. The first-order chi connectivity index (χ1) is 19.5. The molecule has 41 heavy (non-hydrogen) atoms. The highest BCUT2D eigenvalue weighted by atomic mass is 19.4. The topological polar surface area (TPSA) is 127 Å². The summed E-state index contributed by atoms with van der Waals surface area (Å²) in [6.07, 6.45) is -6.33. The summed E-state index contributed by atoms with van der Waals surface area (Å²) in [4.78, 5) is 32.4. The molecule has 2 fully saturated rings. The molecule has 2 saturated heterocycles. The van der Waals surface area contributed by atoms with Gasteiger partial charge in [0.05, 0.1) is 31.5 Å². The molecule has 1 aromatic carbocycles. The summed E-state index contributed by atoms with van der Waals surface area (Å²) in [5.41, 5.74) is 10.0. The Morgan fingerprint density at radius 1 is 1.20 bits per heavy atom. The lowest BCUT2D eigenvalue weighted by Gasteiger charge is -2.26. The minimum atomic E-state index is -4.70. The van der Waals surface area contributed by atoms with Crippen molar-refractivity contribution < 1.29 is 36.6 Å². The molecule has 0 bridgehead atoms. The summed E-state index contributed by atoms with van der Waals surface area (Å²) in [6.45, 7) is 2.53. The van der Waals surface area contributed by atoms with Gasteiger partial charge in [0.25, 0.3) is 5.91 Å². The number of alkyl halides is 4. The molecular formula is C26H29F4N7O4. The monoisotopic (exact) mass is 579 g/mol. The molecule has 0 saturated carbocycles. The third-order valence-corrected chi connectivity index (χ3v) is 7.12. The molecule has 4 heterocycles. The number of fused-ring (bicyclic) bond motifs is 1. The van der Waals surface area contributed by atoms with Gasteiger partial charge < -0.3 is 25.4 Å². The maximum Gasteiger partial charge on any atom is 0.422 e. The number of nitrogens with zero attached hydrogens (tertiary/aromatic N) is 5. The van der Waals surface area contributed by atoms with E-state index >= 15 is 0 Å². The van der Waals surface area contributed by atoms with Crippen LogP contribution in [0.25, 0.3) is 16.8 Å². The molecule has 220 valence electrons. The SMILES string of the molecule is Cc1ccc(-c2cc(CN3CCOCC3)c3c(N)ncnn23)cc1C(=O)N[C@@H]1CN(C(=O)OCC(F)(F)F)C[C@@H]1F. The van der Waals surface area contributed by atoms with Crippen molar-refractivity contribution >= 4 is 23.3 Å². The molecule has 15 heteroatoms. The van der Waals surface area contributed by atoms with Crippen LogP contribution < -0.4 is 11.1 Å². The summed E-state index contributed by atoms with van der Waals surface area (Å²) < 4.78 is 63.1. The van der Waals surface area contributed by atoms with Gasteiger partial charge in [0.2, 0.25) is 0 Å². The maximum atomic E-state index is 14.7. The number of aryl methyl sites for hydroxylation is 1. The Morgan fingerprint density at radius 2 is 1.95 bits per heavy atom. The number of hydrogen-bond acceptors (Lipinski definition) is 8. The summed E-state index contributed by atoms with van der Waals surface area (Å²) in [5.74, 6) is -0.279. The van der Waals surface area contributed by atoms with Crippen LogP contribution in [0.15, 0.2) is 30.6 Å². The summed E-state index contributed by atoms with van der Waals surface area (Å²) in [7, 11) is 0. The van der Waals surface area contributed by atoms with E-state index < -0.39 is 43.5 Å². The van der Waals surface area contributed by atoms with Crippen LogP contribution in [-0.2, 0) is 16.0 Å². The van der Waals surface area contributed by atoms with Crippen molar-refractivity contribution in [1.82, 2.24) is 29.7 Å². The number of carbonyl (C=O) groups excluding carboxylic acids is 2. The van der Waals surface area contributed by atoms with E-state index in [0.29, 0.717) is 47.9 Å². The van der Waals surface area contributed by atoms with Crippen molar-refractivity contribution in [3.05, 3.63) is 47.3 Å². The summed E-state index contributed by atoms with van der Waals surface area (Å²) in [6, 6.07) is 6.06. The number of nitrogen functional groups attached to an aromatic ring is 1. The molecule has 2 atom stereocenters. The molecule has 3 N–H and O–H groups in total. The lowest BCUT2D eigenvalue weighted by molar-refractivity contribution is -0.162. The second-order valence-electron chi connectivity index (χ2n) is 10.0. The van der Waals surface area contributed by atoms with Crippen molar-refractivity contribution in [2.24, 2.45) is 0 Å². The van der Waals surface area contributed by atoms with Gasteiger partial charge in [0, 0.05) is 37.3 Å². The fraction of sp³-hybridized carbons (Fsp3) is 0.462. The van der Waals surface area contributed by atoms with E-state index in [9.17, 15) is 27.2 Å². The number of hydrogen-bond donors (Lipinski definition) is 2. The minimum absolute atomic E-state index is 0.263. The third kappa shape index (κ3) is 6.35. The molecule has 2 aliphatic heterocycles. The first-order valence-corrected chi connectivity index (χ1v) is 13.0. The number of rotatable bonds is 6. The molecule has 0 aliphatic carbocycles. The number of nitrogens with two attached hydrogens (primary N) is 1. The quantitative estimate of drug-likeness (QED) is 0.427. The Hall–Kier alpha value is -3.98. The molecule has 0 radical (unpaired) electrons. The molecule has 0 unspecified atom stereocenters. The number of aromatic nitrogens is 3. The molecule has 2 aromatic heterocycles. The van der Waals surface area contributed by atoms with Crippen LogP contribution in [-0.4, -0.2) is 101 Å². The largest absolute Gasteiger partial charge is 0.440 e. The van der Waals surface area contributed by atoms with E-state index in [2.05, 4.69) is 25.0 Å². The molecule has 0 spiro atoms. The number of halogens is 4. The second-order valence-corrected chi connectivity index (χ2v) is 10.0. The number of amides is 2. The number of anilines is 1. The Morgan fingerprint density at radius 3 is 2.68 bits per heavy atom. The zero-order chi connectivity index (χ0) is 29.3. The number of carbonyl (C=O) groups is 2. The number of benzene rings is 1. The fourth-order valence-corrected chi connectivity index (χ4v) is 5.03. The number of morpholine rings is 1. The Bertz CT molecular complexity index is 1440. The first kappa shape index (κ1) is 28.5. The van der Waals surface area contributed by atoms with Gasteiger partial charge in [-0.05, 0) is 30.2 Å². The van der Waals surface area contributed by atoms with Crippen LogP contribution >= 0.6 is 0 Å². The molecule has 2 aliphatic rings. The highest BCUT2D eigenvalue weighted by Gasteiger charge is 2.39. The minimum Gasteiger partial charge on any atom is -0.440 e. The Balaban J connectivity index is 1.36. The van der Waals surface area contributed by atoms with Crippen LogP contribution in [0.3, 0.4) is 0 Å². The van der Waals surface area contributed by atoms with E-state index in [1.165, 1.54) is 6.33 Å². The Labute approximate surface area is 232 Å². The summed E-state index contributed by atoms with van der Waals surface area (Å²) >= 11 is 0. The highest BCUT2D eigenvalue weighted by Crippen LogP contribution is 2.30. The lowest BCUT2D eigenvalue weighted by Crippen LogP contribution is -2.42. The van der Waals surface area contributed by atoms with E-state index in [0.717, 1.165) is 23.6 Å². The van der Waals surface area contributed by atoms with Gasteiger partial charge in [0.15, 0.2) is 12.4 Å². The lowest BCUT2D eigenvalue weighted by atomic mass is 10.0. The van der Waals surface area contributed by atoms with Crippen LogP contribution in [0, 0.1) is 6.92 Å². The molecule has 3 aromatic rings. The summed E-state index contributed by atoms with van der Waals surface area (Å²) in [5, 5.41) is 6.96. The Kier molecular flexibility index (Phi) is 8.00. The van der Waals surface area contributed by atoms with Gasteiger partial charge >= 0.3 is 12.3 Å². The van der Waals surface area contributed by atoms with Crippen molar-refractivity contribution in [1.29, 1.82) is 0 Å². The van der Waals surface area contributed by atoms with Crippen LogP contribution in [0.4, 0.5) is 28.2 Å². The van der Waals surface area contributed by atoms with Crippen LogP contribution in [0.1, 0.15) is 21.5 Å². The van der Waals surface area contributed by atoms with E-state index in [1.54, 1.807) is 23.6 Å². The molecular weight excluding hydrogens is 550 g/mol. The van der Waals surface area contributed by atoms with Crippen molar-refractivity contribution in [2.45, 2.75) is 31.9 Å². The van der Waals surface area contributed by atoms with Gasteiger partial charge in [-0.1, -0.05) is 12.1 Å². The molecule has 2 amide bonds. The van der Waals surface area contributed by atoms with E-state index in [1.807, 2.05) is 12.1 Å². The smallest absolute Gasteiger partial charge is 0.422 e. The average molecular weight is 580 g/mol. The van der Waals surface area contributed by atoms with Gasteiger partial charge in [0.1, 0.15) is 18.0 Å².